The van der Waals surface area contributed by atoms with E-state index in [0.29, 0.717) is 11.5 Å². The first kappa shape index (κ1) is 14.2. The second kappa shape index (κ2) is 6.20. The average Bonchev–Trinajstić information content (AvgIpc) is 2.66. The van der Waals surface area contributed by atoms with Crippen LogP contribution in [0.25, 0.3) is 0 Å². The Hall–Kier alpha value is -1.83. The number of nitrogens with two attached hydrogens (primary N) is 2. The minimum absolute atomic E-state index is 0.0119. The summed E-state index contributed by atoms with van der Waals surface area (Å²) in [7, 11) is 1.20. The largest absolute Gasteiger partial charge is 0.465 e. The lowest BCUT2D eigenvalue weighted by Gasteiger charge is -2.05. The van der Waals surface area contributed by atoms with Gasteiger partial charge in [0, 0.05) is 6.54 Å². The molecule has 1 aromatic heterocycles. The Morgan fingerprint density at radius 2 is 2.17 bits per heavy atom. The molecule has 0 saturated heterocycles. The van der Waals surface area contributed by atoms with Crippen molar-refractivity contribution < 1.29 is 18.7 Å². The zero-order valence-electron chi connectivity index (χ0n) is 9.79. The summed E-state index contributed by atoms with van der Waals surface area (Å²) in [6.07, 6.45) is 0.282. The number of ether oxygens (including phenoxy) is 1. The number of halogens is 1. The van der Waals surface area contributed by atoms with E-state index in [1.807, 2.05) is 0 Å². The molecule has 0 bridgehead atoms. The molecule has 1 rings (SSSR count). The first-order valence-electron chi connectivity index (χ1n) is 5.13. The van der Waals surface area contributed by atoms with Crippen molar-refractivity contribution in [2.75, 3.05) is 31.4 Å². The standard InChI is InChI=1S/C10H14FN3O3S/c1-17-10(16)5-6(12)7(8(13)15)18-9(5)14-4-2-3-11/h14H,2-4,12H2,1H3,(H2,13,15). The highest BCUT2D eigenvalue weighted by atomic mass is 32.1. The molecule has 6 nitrogen and oxygen atoms in total. The van der Waals surface area contributed by atoms with Gasteiger partial charge in [0.15, 0.2) is 0 Å². The van der Waals surface area contributed by atoms with Crippen molar-refractivity contribution in [1.82, 2.24) is 0 Å². The predicted molar refractivity (Wildman–Crippen MR) is 67.7 cm³/mol. The van der Waals surface area contributed by atoms with E-state index in [-0.39, 0.29) is 22.5 Å². The van der Waals surface area contributed by atoms with E-state index in [4.69, 9.17) is 11.5 Å². The number of carbonyl (C=O) groups excluding carboxylic acids is 2. The molecule has 0 radical (unpaired) electrons. The van der Waals surface area contributed by atoms with Gasteiger partial charge in [0.25, 0.3) is 5.91 Å². The summed E-state index contributed by atoms with van der Waals surface area (Å²) in [6, 6.07) is 0. The third-order valence-corrected chi connectivity index (χ3v) is 3.33. The number of nitrogens with one attached hydrogen (secondary N) is 1. The predicted octanol–water partition coefficient (Wildman–Crippen LogP) is 0.987. The van der Waals surface area contributed by atoms with Crippen LogP contribution in [-0.2, 0) is 4.74 Å². The monoisotopic (exact) mass is 275 g/mol. The summed E-state index contributed by atoms with van der Waals surface area (Å²) in [5, 5.41) is 3.20. The molecule has 0 aromatic carbocycles. The molecule has 18 heavy (non-hydrogen) atoms. The molecule has 0 aliphatic carbocycles. The highest BCUT2D eigenvalue weighted by Gasteiger charge is 2.24. The Morgan fingerprint density at radius 1 is 1.50 bits per heavy atom. The van der Waals surface area contributed by atoms with Gasteiger partial charge in [-0.05, 0) is 6.42 Å². The lowest BCUT2D eigenvalue weighted by molar-refractivity contribution is 0.0603. The lowest BCUT2D eigenvalue weighted by atomic mass is 10.2. The second-order valence-corrected chi connectivity index (χ2v) is 4.39. The molecule has 0 aliphatic rings. The number of hydrogen-bond donors (Lipinski definition) is 3. The van der Waals surface area contributed by atoms with E-state index in [1.54, 1.807) is 0 Å². The average molecular weight is 275 g/mol. The molecule has 1 amide bonds. The highest BCUT2D eigenvalue weighted by Crippen LogP contribution is 2.35. The van der Waals surface area contributed by atoms with Crippen LogP contribution in [0, 0.1) is 0 Å². The molecule has 0 unspecified atom stereocenters. The summed E-state index contributed by atoms with van der Waals surface area (Å²) >= 11 is 0.954. The van der Waals surface area contributed by atoms with Crippen LogP contribution in [0.4, 0.5) is 15.1 Å². The van der Waals surface area contributed by atoms with Crippen LogP contribution in [0.5, 0.6) is 0 Å². The van der Waals surface area contributed by atoms with Crippen LogP contribution < -0.4 is 16.8 Å². The Kier molecular flexibility index (Phi) is 4.90. The van der Waals surface area contributed by atoms with Crippen molar-refractivity contribution in [3.8, 4) is 0 Å². The van der Waals surface area contributed by atoms with Crippen LogP contribution >= 0.6 is 11.3 Å². The van der Waals surface area contributed by atoms with Crippen LogP contribution in [0.15, 0.2) is 0 Å². The number of esters is 1. The number of nitrogen functional groups attached to an aromatic ring is 1. The maximum Gasteiger partial charge on any atom is 0.343 e. The number of amides is 1. The van der Waals surface area contributed by atoms with Gasteiger partial charge in [-0.3, -0.25) is 9.18 Å². The van der Waals surface area contributed by atoms with Crippen molar-refractivity contribution in [1.29, 1.82) is 0 Å². The zero-order chi connectivity index (χ0) is 13.7. The number of methoxy groups -OCH3 is 1. The van der Waals surface area contributed by atoms with Gasteiger partial charge >= 0.3 is 5.97 Å². The van der Waals surface area contributed by atoms with E-state index < -0.39 is 18.6 Å². The summed E-state index contributed by atoms with van der Waals surface area (Å²) < 4.78 is 16.6. The Balaban J connectivity index is 3.09. The molecule has 0 fully saturated rings. The molecule has 0 aliphatic heterocycles. The number of primary amides is 1. The third kappa shape index (κ3) is 2.89. The Bertz CT molecular complexity index is 461. The zero-order valence-corrected chi connectivity index (χ0v) is 10.6. The van der Waals surface area contributed by atoms with Gasteiger partial charge in [-0.15, -0.1) is 11.3 Å². The lowest BCUT2D eigenvalue weighted by Crippen LogP contribution is -2.13. The van der Waals surface area contributed by atoms with E-state index in [2.05, 4.69) is 10.1 Å². The van der Waals surface area contributed by atoms with Crippen molar-refractivity contribution in [2.45, 2.75) is 6.42 Å². The number of rotatable bonds is 6. The first-order valence-corrected chi connectivity index (χ1v) is 5.94. The van der Waals surface area contributed by atoms with Gasteiger partial charge in [0.05, 0.1) is 19.5 Å². The molecule has 0 saturated carbocycles. The molecular weight excluding hydrogens is 261 g/mol. The summed E-state index contributed by atoms with van der Waals surface area (Å²) in [5.41, 5.74) is 10.9. The number of alkyl halides is 1. The second-order valence-electron chi connectivity index (χ2n) is 3.37. The number of anilines is 2. The highest BCUT2D eigenvalue weighted by molar-refractivity contribution is 7.19. The molecule has 1 heterocycles. The van der Waals surface area contributed by atoms with Crippen LogP contribution in [0.2, 0.25) is 0 Å². The van der Waals surface area contributed by atoms with E-state index in [1.165, 1.54) is 7.11 Å². The fraction of sp³-hybridized carbons (Fsp3) is 0.400. The smallest absolute Gasteiger partial charge is 0.343 e. The van der Waals surface area contributed by atoms with Gasteiger partial charge in [0.2, 0.25) is 0 Å². The number of carbonyl (C=O) groups is 2. The third-order valence-electron chi connectivity index (χ3n) is 2.15. The van der Waals surface area contributed by atoms with Gasteiger partial charge in [-0.25, -0.2) is 4.79 Å². The molecule has 0 atom stereocenters. The van der Waals surface area contributed by atoms with E-state index in [9.17, 15) is 14.0 Å². The minimum atomic E-state index is -0.721. The maximum atomic E-state index is 12.0. The van der Waals surface area contributed by atoms with E-state index in [0.717, 1.165) is 11.3 Å². The summed E-state index contributed by atoms with van der Waals surface area (Å²) in [6.45, 7) is -0.164. The van der Waals surface area contributed by atoms with Crippen molar-refractivity contribution in [3.05, 3.63) is 10.4 Å². The van der Waals surface area contributed by atoms with Crippen LogP contribution in [0.3, 0.4) is 0 Å². The molecule has 5 N–H and O–H groups in total. The molecule has 100 valence electrons. The SMILES string of the molecule is COC(=O)c1c(NCCCF)sc(C(N)=O)c1N. The van der Waals surface area contributed by atoms with Gasteiger partial charge < -0.3 is 21.5 Å². The molecule has 8 heteroatoms. The fourth-order valence-corrected chi connectivity index (χ4v) is 2.31. The quantitative estimate of drug-likeness (QED) is 0.530. The molecule has 0 spiro atoms. The Morgan fingerprint density at radius 3 is 2.67 bits per heavy atom. The topological polar surface area (TPSA) is 107 Å². The molecular formula is C10H14FN3O3S. The minimum Gasteiger partial charge on any atom is -0.465 e. The normalized spacial score (nSPS) is 10.1. The summed E-state index contributed by atoms with van der Waals surface area (Å²) in [4.78, 5) is 22.8. The van der Waals surface area contributed by atoms with Gasteiger partial charge in [-0.1, -0.05) is 0 Å². The van der Waals surface area contributed by atoms with E-state index >= 15 is 0 Å². The van der Waals surface area contributed by atoms with Gasteiger partial charge in [-0.2, -0.15) is 0 Å². The summed E-state index contributed by atoms with van der Waals surface area (Å²) in [5.74, 6) is -1.39. The fourth-order valence-electron chi connectivity index (χ4n) is 1.32. The van der Waals surface area contributed by atoms with Crippen molar-refractivity contribution >= 4 is 33.9 Å². The number of thiophene rings is 1. The Labute approximate surface area is 107 Å². The van der Waals surface area contributed by atoms with Crippen LogP contribution in [0.1, 0.15) is 26.5 Å². The van der Waals surface area contributed by atoms with Crippen LogP contribution in [-0.4, -0.2) is 32.2 Å². The van der Waals surface area contributed by atoms with Crippen molar-refractivity contribution in [2.24, 2.45) is 5.73 Å². The number of hydrogen-bond acceptors (Lipinski definition) is 6. The molecule has 1 aromatic rings. The van der Waals surface area contributed by atoms with Crippen molar-refractivity contribution in [3.63, 3.8) is 0 Å². The van der Waals surface area contributed by atoms with Gasteiger partial charge in [0.1, 0.15) is 15.4 Å². The first-order chi connectivity index (χ1) is 8.52. The maximum absolute atomic E-state index is 12.0.